The van der Waals surface area contributed by atoms with Crippen molar-refractivity contribution in [1.82, 2.24) is 9.80 Å². The van der Waals surface area contributed by atoms with Gasteiger partial charge in [-0.1, -0.05) is 6.92 Å². The van der Waals surface area contributed by atoms with Gasteiger partial charge in [0.05, 0.1) is 0 Å². The molecule has 7 nitrogen and oxygen atoms in total. The Morgan fingerprint density at radius 2 is 1.82 bits per heavy atom. The first kappa shape index (κ1) is 15.2. The molecule has 0 saturated carbocycles. The van der Waals surface area contributed by atoms with Crippen molar-refractivity contribution < 1.29 is 19.5 Å². The molecule has 0 aliphatic carbocycles. The lowest BCUT2D eigenvalue weighted by molar-refractivity contribution is -0.142. The van der Waals surface area contributed by atoms with Crippen LogP contribution in [0.3, 0.4) is 0 Å². The molecule has 0 aromatic rings. The zero-order chi connectivity index (χ0) is 13.6. The lowest BCUT2D eigenvalue weighted by Crippen LogP contribution is -2.50. The van der Waals surface area contributed by atoms with E-state index in [1.165, 1.54) is 11.9 Å². The van der Waals surface area contributed by atoms with Gasteiger partial charge in [0, 0.05) is 13.6 Å². The van der Waals surface area contributed by atoms with Crippen molar-refractivity contribution in [1.29, 1.82) is 0 Å². The Bertz CT molecular complexity index is 306. The number of hydrogen-bond acceptors (Lipinski definition) is 3. The Morgan fingerprint density at radius 3 is 2.12 bits per heavy atom. The van der Waals surface area contributed by atoms with Crippen LogP contribution in [0.15, 0.2) is 0 Å². The summed E-state index contributed by atoms with van der Waals surface area (Å²) < 4.78 is 0. The monoisotopic (exact) mass is 245 g/mol. The number of primary amides is 1. The Balaban J connectivity index is 4.75. The standard InChI is InChI=1S/C10H19N3O4/c1-4-7(9(15)16)12(3)10(17)13(5-2)6-8(11)14/h7H,4-6H2,1-3H3,(H2,11,14)(H,15,16). The van der Waals surface area contributed by atoms with E-state index in [9.17, 15) is 14.4 Å². The van der Waals surface area contributed by atoms with Crippen molar-refractivity contribution in [3.05, 3.63) is 0 Å². The first-order valence-electron chi connectivity index (χ1n) is 5.37. The van der Waals surface area contributed by atoms with Crippen molar-refractivity contribution >= 4 is 17.9 Å². The molecule has 1 unspecified atom stereocenters. The normalized spacial score (nSPS) is 11.7. The molecule has 0 bridgehead atoms. The molecular weight excluding hydrogens is 226 g/mol. The van der Waals surface area contributed by atoms with Crippen LogP contribution >= 0.6 is 0 Å². The average Bonchev–Trinajstić information content (AvgIpc) is 2.24. The Labute approximate surface area is 100 Å². The summed E-state index contributed by atoms with van der Waals surface area (Å²) in [4.78, 5) is 35.9. The molecule has 0 spiro atoms. The maximum absolute atomic E-state index is 11.9. The van der Waals surface area contributed by atoms with E-state index in [0.717, 1.165) is 4.90 Å². The van der Waals surface area contributed by atoms with Crippen LogP contribution in [0.4, 0.5) is 4.79 Å². The highest BCUT2D eigenvalue weighted by molar-refractivity contribution is 5.86. The number of carboxylic acids is 1. The molecule has 0 fully saturated rings. The van der Waals surface area contributed by atoms with E-state index in [2.05, 4.69) is 0 Å². The number of likely N-dealkylation sites (N-methyl/N-ethyl adjacent to an activating group) is 2. The molecule has 0 aliphatic heterocycles. The number of hydrogen-bond donors (Lipinski definition) is 2. The third-order valence-electron chi connectivity index (χ3n) is 2.44. The van der Waals surface area contributed by atoms with Gasteiger partial charge in [0.15, 0.2) is 0 Å². The average molecular weight is 245 g/mol. The number of nitrogens with zero attached hydrogens (tertiary/aromatic N) is 2. The fourth-order valence-electron chi connectivity index (χ4n) is 1.47. The van der Waals surface area contributed by atoms with Crippen molar-refractivity contribution in [3.8, 4) is 0 Å². The summed E-state index contributed by atoms with van der Waals surface area (Å²) in [7, 11) is 1.40. The Kier molecular flexibility index (Phi) is 6.01. The maximum atomic E-state index is 11.9. The second kappa shape index (κ2) is 6.72. The van der Waals surface area contributed by atoms with Gasteiger partial charge in [0.25, 0.3) is 0 Å². The Morgan fingerprint density at radius 1 is 1.29 bits per heavy atom. The predicted molar refractivity (Wildman–Crippen MR) is 61.3 cm³/mol. The molecule has 98 valence electrons. The highest BCUT2D eigenvalue weighted by Crippen LogP contribution is 2.06. The number of aliphatic carboxylic acids is 1. The summed E-state index contributed by atoms with van der Waals surface area (Å²) in [6.45, 7) is 3.45. The zero-order valence-corrected chi connectivity index (χ0v) is 10.3. The molecule has 3 amide bonds. The quantitative estimate of drug-likeness (QED) is 0.670. The predicted octanol–water partition coefficient (Wildman–Crippen LogP) is -0.291. The summed E-state index contributed by atoms with van der Waals surface area (Å²) in [6.07, 6.45) is 0.297. The van der Waals surface area contributed by atoms with Gasteiger partial charge in [-0.3, -0.25) is 4.79 Å². The zero-order valence-electron chi connectivity index (χ0n) is 10.3. The summed E-state index contributed by atoms with van der Waals surface area (Å²) in [5.41, 5.74) is 5.01. The topological polar surface area (TPSA) is 104 Å². The van der Waals surface area contributed by atoms with Crippen molar-refractivity contribution in [3.63, 3.8) is 0 Å². The van der Waals surface area contributed by atoms with Gasteiger partial charge in [0.2, 0.25) is 5.91 Å². The number of carboxylic acid groups (broad SMARTS) is 1. The van der Waals surface area contributed by atoms with Crippen LogP contribution in [0, 0.1) is 0 Å². The minimum absolute atomic E-state index is 0.213. The first-order chi connectivity index (χ1) is 7.84. The molecule has 0 aromatic carbocycles. The second-order valence-electron chi connectivity index (χ2n) is 3.64. The van der Waals surface area contributed by atoms with Crippen molar-refractivity contribution in [2.75, 3.05) is 20.1 Å². The molecule has 7 heteroatoms. The molecule has 0 aromatic heterocycles. The fraction of sp³-hybridized carbons (Fsp3) is 0.700. The first-order valence-corrected chi connectivity index (χ1v) is 5.37. The SMILES string of the molecule is CCC(C(=O)O)N(C)C(=O)N(CC)CC(N)=O. The van der Waals surface area contributed by atoms with Crippen LogP contribution in [0.1, 0.15) is 20.3 Å². The third kappa shape index (κ3) is 4.29. The van der Waals surface area contributed by atoms with Crippen LogP contribution in [0.2, 0.25) is 0 Å². The number of carbonyl (C=O) groups is 3. The van der Waals surface area contributed by atoms with E-state index in [1.54, 1.807) is 13.8 Å². The molecule has 0 rings (SSSR count). The van der Waals surface area contributed by atoms with Gasteiger partial charge >= 0.3 is 12.0 Å². The molecule has 3 N–H and O–H groups in total. The largest absolute Gasteiger partial charge is 0.480 e. The molecule has 17 heavy (non-hydrogen) atoms. The van der Waals surface area contributed by atoms with Gasteiger partial charge in [-0.15, -0.1) is 0 Å². The van der Waals surface area contributed by atoms with Gasteiger partial charge in [-0.2, -0.15) is 0 Å². The number of carbonyl (C=O) groups excluding carboxylic acids is 2. The minimum atomic E-state index is -1.07. The molecule has 0 aliphatic rings. The second-order valence-corrected chi connectivity index (χ2v) is 3.64. The lowest BCUT2D eigenvalue weighted by atomic mass is 10.2. The van der Waals surface area contributed by atoms with Crippen molar-refractivity contribution in [2.24, 2.45) is 5.73 Å². The molecule has 0 radical (unpaired) electrons. The summed E-state index contributed by atoms with van der Waals surface area (Å²) >= 11 is 0. The highest BCUT2D eigenvalue weighted by atomic mass is 16.4. The maximum Gasteiger partial charge on any atom is 0.326 e. The number of nitrogens with two attached hydrogens (primary N) is 1. The summed E-state index contributed by atoms with van der Waals surface area (Å²) in [6, 6.07) is -1.41. The smallest absolute Gasteiger partial charge is 0.326 e. The van der Waals surface area contributed by atoms with Crippen LogP contribution < -0.4 is 5.73 Å². The van der Waals surface area contributed by atoms with E-state index < -0.39 is 23.9 Å². The van der Waals surface area contributed by atoms with E-state index in [0.29, 0.717) is 13.0 Å². The Hall–Kier alpha value is -1.79. The van der Waals surface area contributed by atoms with E-state index in [4.69, 9.17) is 10.8 Å². The highest BCUT2D eigenvalue weighted by Gasteiger charge is 2.28. The van der Waals surface area contributed by atoms with Gasteiger partial charge in [-0.25, -0.2) is 9.59 Å². The van der Waals surface area contributed by atoms with Gasteiger partial charge in [0.1, 0.15) is 12.6 Å². The summed E-state index contributed by atoms with van der Waals surface area (Å²) in [5.74, 6) is -1.70. The van der Waals surface area contributed by atoms with E-state index in [1.807, 2.05) is 0 Å². The molecule has 0 saturated heterocycles. The third-order valence-corrected chi connectivity index (χ3v) is 2.44. The molecule has 1 atom stereocenters. The number of urea groups is 1. The van der Waals surface area contributed by atoms with Crippen LogP contribution in [-0.4, -0.2) is 59.0 Å². The molecular formula is C10H19N3O4. The van der Waals surface area contributed by atoms with E-state index in [-0.39, 0.29) is 6.54 Å². The van der Waals surface area contributed by atoms with Crippen molar-refractivity contribution in [2.45, 2.75) is 26.3 Å². The lowest BCUT2D eigenvalue weighted by Gasteiger charge is -2.29. The summed E-state index contributed by atoms with van der Waals surface area (Å²) in [5, 5.41) is 8.92. The number of rotatable bonds is 6. The van der Waals surface area contributed by atoms with Gasteiger partial charge < -0.3 is 20.6 Å². The van der Waals surface area contributed by atoms with Crippen LogP contribution in [0.5, 0.6) is 0 Å². The van der Waals surface area contributed by atoms with Crippen LogP contribution in [-0.2, 0) is 9.59 Å². The fourth-order valence-corrected chi connectivity index (χ4v) is 1.47. The van der Waals surface area contributed by atoms with E-state index >= 15 is 0 Å². The van der Waals surface area contributed by atoms with Crippen LogP contribution in [0.25, 0.3) is 0 Å². The molecule has 0 heterocycles. The number of amides is 3. The van der Waals surface area contributed by atoms with Gasteiger partial charge in [-0.05, 0) is 13.3 Å². The minimum Gasteiger partial charge on any atom is -0.480 e.